The van der Waals surface area contributed by atoms with Crippen LogP contribution in [0.15, 0.2) is 12.4 Å². The molecule has 0 aromatic rings. The molecule has 0 saturated heterocycles. The van der Waals surface area contributed by atoms with Gasteiger partial charge in [0, 0.05) is 25.5 Å². The lowest BCUT2D eigenvalue weighted by Gasteiger charge is -2.25. The molecule has 148 valence electrons. The Labute approximate surface area is 157 Å². The molecule has 0 fully saturated rings. The third-order valence-corrected chi connectivity index (χ3v) is 5.42. The average Bonchev–Trinajstić information content (AvgIpc) is 3.06. The molecular weight excluding hydrogens is 306 g/mol. The number of rotatable bonds is 18. The molecule has 3 N–H and O–H groups in total. The second-order valence-corrected chi connectivity index (χ2v) is 7.76. The second-order valence-electron chi connectivity index (χ2n) is 7.76. The number of unbranched alkanes of at least 4 members (excludes halogenated alkanes) is 14. The summed E-state index contributed by atoms with van der Waals surface area (Å²) in [6.07, 6.45) is 27.4. The molecule has 0 radical (unpaired) electrons. The fourth-order valence-corrected chi connectivity index (χ4v) is 3.79. The molecule has 0 aromatic heterocycles. The Hall–Kier alpha value is -0.700. The maximum Gasteiger partial charge on any atom is 0.0981 e. The molecular formula is C22H45N3. The van der Waals surface area contributed by atoms with Crippen molar-refractivity contribution in [2.75, 3.05) is 13.1 Å². The van der Waals surface area contributed by atoms with Gasteiger partial charge in [0.05, 0.1) is 6.17 Å². The summed E-state index contributed by atoms with van der Waals surface area (Å²) in [6.45, 7) is 4.00. The lowest BCUT2D eigenvalue weighted by atomic mass is 10.0. The standard InChI is InChI=1S/C22H45N3/c1-2-3-4-5-6-7-8-9-10-11-12-13-14-15-16-17-22-24-19-21-25(22)20-18-23/h19,21-22,24H,2-18,20,23H2,1H3. The Balaban J connectivity index is 1.75. The second kappa shape index (κ2) is 16.8. The van der Waals surface area contributed by atoms with Crippen LogP contribution in [0.2, 0.25) is 0 Å². The van der Waals surface area contributed by atoms with Gasteiger partial charge < -0.3 is 16.0 Å². The van der Waals surface area contributed by atoms with Crippen LogP contribution in [0.25, 0.3) is 0 Å². The predicted octanol–water partition coefficient (Wildman–Crippen LogP) is 5.91. The van der Waals surface area contributed by atoms with Gasteiger partial charge in [-0.1, -0.05) is 96.8 Å². The van der Waals surface area contributed by atoms with E-state index in [9.17, 15) is 0 Å². The molecule has 0 aromatic carbocycles. The van der Waals surface area contributed by atoms with Crippen molar-refractivity contribution in [3.63, 3.8) is 0 Å². The van der Waals surface area contributed by atoms with Crippen molar-refractivity contribution in [2.24, 2.45) is 5.73 Å². The van der Waals surface area contributed by atoms with E-state index in [-0.39, 0.29) is 0 Å². The van der Waals surface area contributed by atoms with Crippen molar-refractivity contribution in [2.45, 2.75) is 116 Å². The number of nitrogens with zero attached hydrogens (tertiary/aromatic N) is 1. The normalized spacial score (nSPS) is 16.6. The molecule has 0 amide bonds. The Morgan fingerprint density at radius 3 is 1.72 bits per heavy atom. The quantitative estimate of drug-likeness (QED) is 0.302. The molecule has 0 saturated carbocycles. The summed E-state index contributed by atoms with van der Waals surface area (Å²) in [5.41, 5.74) is 5.65. The summed E-state index contributed by atoms with van der Waals surface area (Å²) in [6, 6.07) is 0. The number of nitrogens with two attached hydrogens (primary N) is 1. The highest BCUT2D eigenvalue weighted by Gasteiger charge is 2.16. The summed E-state index contributed by atoms with van der Waals surface area (Å²) in [4.78, 5) is 2.34. The largest absolute Gasteiger partial charge is 0.370 e. The van der Waals surface area contributed by atoms with E-state index < -0.39 is 0 Å². The zero-order valence-electron chi connectivity index (χ0n) is 17.0. The van der Waals surface area contributed by atoms with Crippen LogP contribution in [-0.4, -0.2) is 24.2 Å². The average molecular weight is 352 g/mol. The first kappa shape index (κ1) is 22.3. The number of nitrogens with one attached hydrogen (secondary N) is 1. The molecule has 3 nitrogen and oxygen atoms in total. The van der Waals surface area contributed by atoms with E-state index in [0.29, 0.717) is 6.17 Å². The van der Waals surface area contributed by atoms with E-state index in [1.54, 1.807) is 0 Å². The number of hydrogen-bond donors (Lipinski definition) is 2. The van der Waals surface area contributed by atoms with E-state index >= 15 is 0 Å². The van der Waals surface area contributed by atoms with E-state index in [4.69, 9.17) is 5.73 Å². The summed E-state index contributed by atoms with van der Waals surface area (Å²) in [5, 5.41) is 3.43. The van der Waals surface area contributed by atoms with Gasteiger partial charge in [-0.25, -0.2) is 0 Å². The Kier molecular flexibility index (Phi) is 15.0. The van der Waals surface area contributed by atoms with Crippen molar-refractivity contribution >= 4 is 0 Å². The first-order valence-electron chi connectivity index (χ1n) is 11.3. The SMILES string of the molecule is CCCCCCCCCCCCCCCCCC1NC=CN1CCN. The van der Waals surface area contributed by atoms with Crippen molar-refractivity contribution in [1.82, 2.24) is 10.2 Å². The molecule has 1 rings (SSSR count). The van der Waals surface area contributed by atoms with Gasteiger partial charge in [-0.3, -0.25) is 0 Å². The monoisotopic (exact) mass is 351 g/mol. The van der Waals surface area contributed by atoms with Gasteiger partial charge in [0.15, 0.2) is 0 Å². The van der Waals surface area contributed by atoms with Gasteiger partial charge in [0.25, 0.3) is 0 Å². The zero-order valence-corrected chi connectivity index (χ0v) is 17.0. The minimum Gasteiger partial charge on any atom is -0.370 e. The highest BCUT2D eigenvalue weighted by Crippen LogP contribution is 2.15. The van der Waals surface area contributed by atoms with Crippen molar-refractivity contribution in [1.29, 1.82) is 0 Å². The van der Waals surface area contributed by atoms with Crippen LogP contribution in [-0.2, 0) is 0 Å². The molecule has 1 unspecified atom stereocenters. The van der Waals surface area contributed by atoms with E-state index in [1.165, 1.54) is 103 Å². The van der Waals surface area contributed by atoms with Gasteiger partial charge in [0.2, 0.25) is 0 Å². The van der Waals surface area contributed by atoms with Gasteiger partial charge >= 0.3 is 0 Å². The van der Waals surface area contributed by atoms with Crippen molar-refractivity contribution in [3.8, 4) is 0 Å². The molecule has 1 aliphatic rings. The maximum atomic E-state index is 5.65. The van der Waals surface area contributed by atoms with Crippen molar-refractivity contribution in [3.05, 3.63) is 12.4 Å². The Morgan fingerprint density at radius 1 is 0.760 bits per heavy atom. The summed E-state index contributed by atoms with van der Waals surface area (Å²) >= 11 is 0. The molecule has 0 bridgehead atoms. The topological polar surface area (TPSA) is 41.3 Å². The lowest BCUT2D eigenvalue weighted by molar-refractivity contribution is 0.264. The minimum atomic E-state index is 0.491. The molecule has 3 heteroatoms. The van der Waals surface area contributed by atoms with Crippen LogP contribution in [0.1, 0.15) is 110 Å². The van der Waals surface area contributed by atoms with Crippen LogP contribution in [0.3, 0.4) is 0 Å². The number of hydrogen-bond acceptors (Lipinski definition) is 3. The van der Waals surface area contributed by atoms with E-state index in [0.717, 1.165) is 13.1 Å². The maximum absolute atomic E-state index is 5.65. The molecule has 1 aliphatic heterocycles. The fourth-order valence-electron chi connectivity index (χ4n) is 3.79. The molecule has 1 heterocycles. The van der Waals surface area contributed by atoms with Gasteiger partial charge in [0.1, 0.15) is 0 Å². The summed E-state index contributed by atoms with van der Waals surface area (Å²) in [7, 11) is 0. The van der Waals surface area contributed by atoms with Crippen LogP contribution in [0.5, 0.6) is 0 Å². The van der Waals surface area contributed by atoms with Crippen LogP contribution in [0.4, 0.5) is 0 Å². The molecule has 0 spiro atoms. The van der Waals surface area contributed by atoms with Crippen LogP contribution >= 0.6 is 0 Å². The van der Waals surface area contributed by atoms with E-state index in [2.05, 4.69) is 29.5 Å². The van der Waals surface area contributed by atoms with E-state index in [1.807, 2.05) is 0 Å². The first-order chi connectivity index (χ1) is 12.4. The van der Waals surface area contributed by atoms with Crippen LogP contribution in [0, 0.1) is 0 Å². The Morgan fingerprint density at radius 2 is 1.24 bits per heavy atom. The third-order valence-electron chi connectivity index (χ3n) is 5.42. The lowest BCUT2D eigenvalue weighted by Crippen LogP contribution is -2.37. The minimum absolute atomic E-state index is 0.491. The predicted molar refractivity (Wildman–Crippen MR) is 111 cm³/mol. The smallest absolute Gasteiger partial charge is 0.0981 e. The highest BCUT2D eigenvalue weighted by molar-refractivity contribution is 4.94. The fraction of sp³-hybridized carbons (Fsp3) is 0.909. The highest BCUT2D eigenvalue weighted by atomic mass is 15.3. The van der Waals surface area contributed by atoms with Gasteiger partial charge in [-0.15, -0.1) is 0 Å². The molecule has 25 heavy (non-hydrogen) atoms. The van der Waals surface area contributed by atoms with Crippen LogP contribution < -0.4 is 11.1 Å². The first-order valence-corrected chi connectivity index (χ1v) is 11.3. The van der Waals surface area contributed by atoms with Gasteiger partial charge in [-0.2, -0.15) is 0 Å². The summed E-state index contributed by atoms with van der Waals surface area (Å²) < 4.78 is 0. The molecule has 0 aliphatic carbocycles. The van der Waals surface area contributed by atoms with Crippen molar-refractivity contribution < 1.29 is 0 Å². The zero-order chi connectivity index (χ0) is 18.0. The summed E-state index contributed by atoms with van der Waals surface area (Å²) in [5.74, 6) is 0. The van der Waals surface area contributed by atoms with Gasteiger partial charge in [-0.05, 0) is 12.8 Å². The third kappa shape index (κ3) is 12.3. The Bertz CT molecular complexity index is 304. The molecule has 1 atom stereocenters.